The Morgan fingerprint density at radius 2 is 1.18 bits per heavy atom. The van der Waals surface area contributed by atoms with Crippen LogP contribution >= 0.6 is 12.4 Å². The van der Waals surface area contributed by atoms with Crippen molar-refractivity contribution in [2.45, 2.75) is 76.5 Å². The maximum absolute atomic E-state index is 12.6. The summed E-state index contributed by atoms with van der Waals surface area (Å²) in [5.74, 6) is -3.38. The molecule has 2 saturated carbocycles. The summed E-state index contributed by atoms with van der Waals surface area (Å²) in [6, 6.07) is -0.468. The highest BCUT2D eigenvalue weighted by Gasteiger charge is 2.49. The maximum atomic E-state index is 12.6. The van der Waals surface area contributed by atoms with Gasteiger partial charge in [-0.1, -0.05) is 0 Å². The van der Waals surface area contributed by atoms with E-state index < -0.39 is 35.9 Å². The van der Waals surface area contributed by atoms with Crippen molar-refractivity contribution in [3.63, 3.8) is 0 Å². The van der Waals surface area contributed by atoms with Crippen LogP contribution < -0.4 is 5.32 Å². The van der Waals surface area contributed by atoms with Crippen LogP contribution in [0.4, 0.5) is 31.1 Å². The van der Waals surface area contributed by atoms with Gasteiger partial charge in [0.1, 0.15) is 5.60 Å². The van der Waals surface area contributed by atoms with Gasteiger partial charge in [-0.15, -0.1) is 12.4 Å². The van der Waals surface area contributed by atoms with E-state index in [2.05, 4.69) is 5.32 Å². The molecule has 2 heterocycles. The highest BCUT2D eigenvalue weighted by atomic mass is 35.5. The normalized spacial score (nSPS) is 20.2. The predicted octanol–water partition coefficient (Wildman–Crippen LogP) is 3.59. The lowest BCUT2D eigenvalue weighted by molar-refractivity contribution is -0.187. The van der Waals surface area contributed by atoms with Gasteiger partial charge in [0.25, 0.3) is 0 Å². The zero-order chi connectivity index (χ0) is 27.8. The Bertz CT molecular complexity index is 848. The van der Waals surface area contributed by atoms with Crippen molar-refractivity contribution in [1.29, 1.82) is 0 Å². The summed E-state index contributed by atoms with van der Waals surface area (Å²) < 4.78 is 79.7. The van der Waals surface area contributed by atoms with Crippen LogP contribution in [0.3, 0.4) is 0 Å². The van der Waals surface area contributed by atoms with Gasteiger partial charge in [0.05, 0.1) is 0 Å². The smallest absolute Gasteiger partial charge is 0.444 e. The van der Waals surface area contributed by atoms with Crippen molar-refractivity contribution in [3.05, 3.63) is 0 Å². The number of nitrogens with one attached hydrogen (secondary N) is 1. The fraction of sp³-hybridized carbons (Fsp3) is 0.870. The first kappa shape index (κ1) is 32.3. The van der Waals surface area contributed by atoms with E-state index in [1.807, 2.05) is 0 Å². The van der Waals surface area contributed by atoms with Gasteiger partial charge in [0, 0.05) is 63.2 Å². The van der Waals surface area contributed by atoms with Gasteiger partial charge in [-0.2, -0.15) is 26.3 Å². The van der Waals surface area contributed by atoms with Crippen LogP contribution in [-0.2, 0) is 14.3 Å². The summed E-state index contributed by atoms with van der Waals surface area (Å²) in [5.41, 5.74) is -0.603. The van der Waals surface area contributed by atoms with Crippen LogP contribution in [0.5, 0.6) is 0 Å². The van der Waals surface area contributed by atoms with E-state index in [4.69, 9.17) is 4.74 Å². The Balaban J connectivity index is 0.000000277. The fourth-order valence-electron chi connectivity index (χ4n) is 4.09. The Labute approximate surface area is 223 Å². The number of carbonyl (C=O) groups is 3. The van der Waals surface area contributed by atoms with Gasteiger partial charge in [0.2, 0.25) is 0 Å². The molecular weight excluding hydrogens is 546 g/mol. The number of hydrogen-bond acceptors (Lipinski definition) is 5. The molecule has 38 heavy (non-hydrogen) atoms. The molecule has 4 rings (SSSR count). The van der Waals surface area contributed by atoms with Gasteiger partial charge in [-0.3, -0.25) is 9.59 Å². The second-order valence-corrected chi connectivity index (χ2v) is 11.1. The van der Waals surface area contributed by atoms with Crippen LogP contribution in [-0.4, -0.2) is 102 Å². The number of amides is 3. The van der Waals surface area contributed by atoms with Gasteiger partial charge in [-0.25, -0.2) is 4.79 Å². The van der Waals surface area contributed by atoms with E-state index >= 15 is 0 Å². The quantitative estimate of drug-likeness (QED) is 0.486. The molecule has 0 aromatic carbocycles. The first-order chi connectivity index (χ1) is 17.0. The van der Waals surface area contributed by atoms with Crippen LogP contribution in [0.25, 0.3) is 0 Å². The fourth-order valence-corrected chi connectivity index (χ4v) is 4.09. The van der Waals surface area contributed by atoms with Crippen molar-refractivity contribution in [3.8, 4) is 0 Å². The minimum Gasteiger partial charge on any atom is -0.444 e. The van der Waals surface area contributed by atoms with Crippen molar-refractivity contribution >= 4 is 30.3 Å². The molecule has 2 saturated heterocycles. The summed E-state index contributed by atoms with van der Waals surface area (Å²) in [5, 5.41) is 2.98. The van der Waals surface area contributed by atoms with Crippen molar-refractivity contribution < 1.29 is 45.5 Å². The number of ether oxygens (including phenoxy) is 1. The topological polar surface area (TPSA) is 82.2 Å². The number of alkyl halides is 6. The molecule has 4 fully saturated rings. The molecule has 0 aromatic rings. The van der Waals surface area contributed by atoms with Crippen LogP contribution in [0.2, 0.25) is 0 Å². The Morgan fingerprint density at radius 3 is 1.47 bits per heavy atom. The van der Waals surface area contributed by atoms with Crippen LogP contribution in [0.1, 0.15) is 46.5 Å². The first-order valence-corrected chi connectivity index (χ1v) is 12.4. The van der Waals surface area contributed by atoms with E-state index in [9.17, 15) is 40.7 Å². The lowest BCUT2D eigenvalue weighted by atomic mass is 10.00. The molecule has 0 radical (unpaired) electrons. The summed E-state index contributed by atoms with van der Waals surface area (Å²) in [7, 11) is 0. The Hall–Kier alpha value is -1.96. The molecule has 0 aromatic heterocycles. The molecule has 8 nitrogen and oxygen atoms in total. The molecule has 3 amide bonds. The van der Waals surface area contributed by atoms with Crippen molar-refractivity contribution in [1.82, 2.24) is 20.0 Å². The summed E-state index contributed by atoms with van der Waals surface area (Å²) in [4.78, 5) is 37.6. The van der Waals surface area contributed by atoms with E-state index in [1.165, 1.54) is 4.90 Å². The van der Waals surface area contributed by atoms with E-state index in [-0.39, 0.29) is 49.4 Å². The monoisotopic (exact) mass is 580 g/mol. The van der Waals surface area contributed by atoms with Crippen molar-refractivity contribution in [2.24, 2.45) is 11.8 Å². The molecule has 4 aliphatic rings. The molecule has 15 heteroatoms. The zero-order valence-corrected chi connectivity index (χ0v) is 22.3. The summed E-state index contributed by atoms with van der Waals surface area (Å²) >= 11 is 0. The molecular formula is C23H35ClF6N4O4. The SMILES string of the molecule is CC(C)(C)OC(=O)N1CC(CN(C(=O)C(F)(F)F)C2CC2)C1.Cl.O=C(N(CC1CNC1)C1CC1)C(F)(F)F. The van der Waals surface area contributed by atoms with Gasteiger partial charge in [0.15, 0.2) is 0 Å². The molecule has 0 bridgehead atoms. The highest BCUT2D eigenvalue weighted by Crippen LogP contribution is 2.34. The highest BCUT2D eigenvalue weighted by molar-refractivity contribution is 5.85. The van der Waals surface area contributed by atoms with Crippen LogP contribution in [0, 0.1) is 11.8 Å². The Morgan fingerprint density at radius 1 is 0.789 bits per heavy atom. The lowest BCUT2D eigenvalue weighted by Gasteiger charge is -2.42. The second kappa shape index (κ2) is 12.1. The zero-order valence-electron chi connectivity index (χ0n) is 21.5. The summed E-state index contributed by atoms with van der Waals surface area (Å²) in [6.45, 7) is 7.62. The molecule has 2 aliphatic heterocycles. The summed E-state index contributed by atoms with van der Waals surface area (Å²) in [6.07, 6.45) is -7.38. The number of rotatable bonds is 6. The molecule has 1 N–H and O–H groups in total. The minimum atomic E-state index is -4.84. The number of halogens is 7. The molecule has 0 unspecified atom stereocenters. The standard InChI is InChI=1S/C14H21F3N2O3.C9H13F3N2O.ClH/c1-13(2,3)22-12(21)18-6-9(7-18)8-19(10-4-5-10)11(20)14(15,16)17;10-9(11,12)8(15)14(7-1-2-7)5-6-3-13-4-6;/h9-10H,4-8H2,1-3H3;6-7,13H,1-5H2;1H. The third-order valence-corrected chi connectivity index (χ3v) is 6.37. The first-order valence-electron chi connectivity index (χ1n) is 12.4. The average molecular weight is 581 g/mol. The molecule has 2 aliphatic carbocycles. The van der Waals surface area contributed by atoms with E-state index in [0.29, 0.717) is 51.9 Å². The molecule has 0 spiro atoms. The van der Waals surface area contributed by atoms with E-state index in [1.54, 1.807) is 20.8 Å². The Kier molecular flexibility index (Phi) is 10.2. The number of nitrogens with zero attached hydrogens (tertiary/aromatic N) is 3. The largest absolute Gasteiger partial charge is 0.471 e. The predicted molar refractivity (Wildman–Crippen MR) is 126 cm³/mol. The van der Waals surface area contributed by atoms with Gasteiger partial charge >= 0.3 is 30.3 Å². The number of carbonyl (C=O) groups excluding carboxylic acids is 3. The third-order valence-electron chi connectivity index (χ3n) is 6.37. The maximum Gasteiger partial charge on any atom is 0.471 e. The number of likely N-dealkylation sites (tertiary alicyclic amines) is 1. The van der Waals surface area contributed by atoms with Crippen LogP contribution in [0.15, 0.2) is 0 Å². The third kappa shape index (κ3) is 9.35. The molecule has 0 atom stereocenters. The van der Waals surface area contributed by atoms with E-state index in [0.717, 1.165) is 9.80 Å². The average Bonchev–Trinajstić information content (AvgIpc) is 3.55. The minimum absolute atomic E-state index is 0. The molecule has 220 valence electrons. The van der Waals surface area contributed by atoms with Crippen molar-refractivity contribution in [2.75, 3.05) is 39.3 Å². The lowest BCUT2D eigenvalue weighted by Crippen LogP contribution is -2.56. The second-order valence-electron chi connectivity index (χ2n) is 11.1. The van der Waals surface area contributed by atoms with Gasteiger partial charge in [-0.05, 0) is 46.5 Å². The number of hydrogen-bond donors (Lipinski definition) is 1. The van der Waals surface area contributed by atoms with Gasteiger partial charge < -0.3 is 24.8 Å².